The molecule has 0 radical (unpaired) electrons. The summed E-state index contributed by atoms with van der Waals surface area (Å²) in [4.78, 5) is 16.8. The maximum absolute atomic E-state index is 12.7. The van der Waals surface area contributed by atoms with E-state index < -0.39 is 0 Å². The minimum atomic E-state index is -0.0511. The van der Waals surface area contributed by atoms with Gasteiger partial charge >= 0.3 is 6.03 Å². The van der Waals surface area contributed by atoms with Crippen LogP contribution in [0.3, 0.4) is 0 Å². The molecule has 2 aromatic rings. The Morgan fingerprint density at radius 3 is 2.75 bits per heavy atom. The van der Waals surface area contributed by atoms with Crippen LogP contribution in [0.2, 0.25) is 0 Å². The Bertz CT molecular complexity index is 697. The minimum Gasteiger partial charge on any atom is -0.319 e. The van der Waals surface area contributed by atoms with Gasteiger partial charge in [-0.2, -0.15) is 5.10 Å². The zero-order valence-electron chi connectivity index (χ0n) is 14.6. The van der Waals surface area contributed by atoms with E-state index in [-0.39, 0.29) is 12.1 Å². The van der Waals surface area contributed by atoms with Gasteiger partial charge in [0, 0.05) is 31.7 Å². The molecule has 1 saturated heterocycles. The van der Waals surface area contributed by atoms with E-state index in [4.69, 9.17) is 0 Å². The molecule has 6 heteroatoms. The molecule has 0 bridgehead atoms. The number of benzene rings is 1. The zero-order chi connectivity index (χ0) is 17.1. The fourth-order valence-electron chi connectivity index (χ4n) is 3.15. The monoisotopic (exact) mass is 327 g/mol. The largest absolute Gasteiger partial charge is 0.323 e. The predicted octanol–water partition coefficient (Wildman–Crippen LogP) is 2.41. The number of aromatic nitrogens is 2. The Morgan fingerprint density at radius 2 is 2.04 bits per heavy atom. The summed E-state index contributed by atoms with van der Waals surface area (Å²) in [5.74, 6) is 0.743. The van der Waals surface area contributed by atoms with Crippen molar-refractivity contribution in [3.63, 3.8) is 0 Å². The van der Waals surface area contributed by atoms with E-state index in [0.29, 0.717) is 6.54 Å². The van der Waals surface area contributed by atoms with Gasteiger partial charge in [-0.1, -0.05) is 30.3 Å². The lowest BCUT2D eigenvalue weighted by Gasteiger charge is -2.38. The van der Waals surface area contributed by atoms with Crippen molar-refractivity contribution in [3.8, 4) is 0 Å². The van der Waals surface area contributed by atoms with E-state index in [1.165, 1.54) is 0 Å². The second-order valence-corrected chi connectivity index (χ2v) is 6.55. The van der Waals surface area contributed by atoms with Crippen LogP contribution in [0.4, 0.5) is 10.6 Å². The van der Waals surface area contributed by atoms with Crippen LogP contribution in [-0.2, 0) is 6.54 Å². The average Bonchev–Trinajstić information content (AvgIpc) is 2.87. The normalized spacial score (nSPS) is 18.6. The number of nitrogens with one attached hydrogen (secondary N) is 1. The Labute approximate surface area is 143 Å². The average molecular weight is 327 g/mol. The number of piperazine rings is 1. The van der Waals surface area contributed by atoms with Gasteiger partial charge in [-0.05, 0) is 26.5 Å². The first kappa shape index (κ1) is 16.5. The van der Waals surface area contributed by atoms with E-state index in [1.807, 2.05) is 40.8 Å². The lowest BCUT2D eigenvalue weighted by Crippen LogP contribution is -2.54. The number of hydrogen-bond acceptors (Lipinski definition) is 3. The van der Waals surface area contributed by atoms with E-state index in [2.05, 4.69) is 41.4 Å². The molecule has 1 aliphatic rings. The van der Waals surface area contributed by atoms with Crippen molar-refractivity contribution in [2.75, 3.05) is 32.0 Å². The highest BCUT2D eigenvalue weighted by molar-refractivity contribution is 5.88. The molecule has 3 rings (SSSR count). The van der Waals surface area contributed by atoms with Gasteiger partial charge in [0.05, 0.1) is 12.2 Å². The molecule has 1 N–H and O–H groups in total. The first-order valence-corrected chi connectivity index (χ1v) is 8.37. The van der Waals surface area contributed by atoms with Gasteiger partial charge < -0.3 is 9.80 Å². The van der Waals surface area contributed by atoms with Gasteiger partial charge in [-0.15, -0.1) is 0 Å². The maximum Gasteiger partial charge on any atom is 0.323 e. The number of likely N-dealkylation sites (N-methyl/N-ethyl adjacent to an activating group) is 1. The summed E-state index contributed by atoms with van der Waals surface area (Å²) in [6, 6.07) is 12.2. The zero-order valence-corrected chi connectivity index (χ0v) is 14.6. The third-order valence-electron chi connectivity index (χ3n) is 4.40. The molecule has 24 heavy (non-hydrogen) atoms. The molecule has 0 unspecified atom stereocenters. The number of amides is 2. The summed E-state index contributed by atoms with van der Waals surface area (Å²) in [5.41, 5.74) is 2.05. The molecule has 128 valence electrons. The summed E-state index contributed by atoms with van der Waals surface area (Å²) >= 11 is 0. The van der Waals surface area contributed by atoms with Crippen LogP contribution in [-0.4, -0.2) is 58.3 Å². The number of hydrogen-bond donors (Lipinski definition) is 1. The third-order valence-corrected chi connectivity index (χ3v) is 4.40. The number of carbonyl (C=O) groups excluding carboxylic acids is 1. The smallest absolute Gasteiger partial charge is 0.319 e. The molecule has 1 aromatic heterocycles. The predicted molar refractivity (Wildman–Crippen MR) is 95.2 cm³/mol. The molecule has 1 fully saturated rings. The molecular weight excluding hydrogens is 302 g/mol. The molecule has 1 aliphatic heterocycles. The standard InChI is InChI=1S/C18H25N5O/c1-14-11-17(23(20-14)13-16-7-5-4-6-8-16)19-18(24)22-10-9-21(3)12-15(22)2/h4-8,11,15H,9-10,12-13H2,1-3H3,(H,19,24)/t15-/m1/s1. The number of urea groups is 1. The highest BCUT2D eigenvalue weighted by Gasteiger charge is 2.26. The fourth-order valence-corrected chi connectivity index (χ4v) is 3.15. The van der Waals surface area contributed by atoms with Crippen molar-refractivity contribution < 1.29 is 4.79 Å². The van der Waals surface area contributed by atoms with E-state index in [9.17, 15) is 4.79 Å². The highest BCUT2D eigenvalue weighted by atomic mass is 16.2. The Hall–Kier alpha value is -2.34. The van der Waals surface area contributed by atoms with Crippen molar-refractivity contribution in [1.29, 1.82) is 0 Å². The molecule has 1 atom stereocenters. The molecule has 6 nitrogen and oxygen atoms in total. The summed E-state index contributed by atoms with van der Waals surface area (Å²) < 4.78 is 1.85. The van der Waals surface area contributed by atoms with Gasteiger partial charge in [0.25, 0.3) is 0 Å². The molecule has 0 aliphatic carbocycles. The van der Waals surface area contributed by atoms with E-state index in [0.717, 1.165) is 36.7 Å². The van der Waals surface area contributed by atoms with Gasteiger partial charge in [-0.3, -0.25) is 5.32 Å². The Morgan fingerprint density at radius 1 is 1.29 bits per heavy atom. The van der Waals surface area contributed by atoms with E-state index >= 15 is 0 Å². The first-order valence-electron chi connectivity index (χ1n) is 8.37. The SMILES string of the molecule is Cc1cc(NC(=O)N2CCN(C)C[C@H]2C)n(Cc2ccccc2)n1. The van der Waals surface area contributed by atoms with Crippen molar-refractivity contribution >= 4 is 11.8 Å². The van der Waals surface area contributed by atoms with Crippen LogP contribution < -0.4 is 5.32 Å². The van der Waals surface area contributed by atoms with Crippen LogP contribution >= 0.6 is 0 Å². The maximum atomic E-state index is 12.7. The number of nitrogens with zero attached hydrogens (tertiary/aromatic N) is 4. The van der Waals surface area contributed by atoms with Crippen molar-refractivity contribution in [2.45, 2.75) is 26.4 Å². The summed E-state index contributed by atoms with van der Waals surface area (Å²) in [6.45, 7) is 7.21. The molecule has 1 aromatic carbocycles. The Balaban J connectivity index is 1.72. The van der Waals surface area contributed by atoms with Crippen LogP contribution in [0, 0.1) is 6.92 Å². The third kappa shape index (κ3) is 3.76. The Kier molecular flexibility index (Phi) is 4.85. The summed E-state index contributed by atoms with van der Waals surface area (Å²) in [6.07, 6.45) is 0. The molecule has 0 saturated carbocycles. The van der Waals surface area contributed by atoms with Crippen molar-refractivity contribution in [1.82, 2.24) is 19.6 Å². The van der Waals surface area contributed by atoms with Crippen LogP contribution in [0.1, 0.15) is 18.2 Å². The van der Waals surface area contributed by atoms with Crippen LogP contribution in [0.5, 0.6) is 0 Å². The van der Waals surface area contributed by atoms with Gasteiger partial charge in [-0.25, -0.2) is 9.48 Å². The van der Waals surface area contributed by atoms with Crippen LogP contribution in [0.25, 0.3) is 0 Å². The first-order chi connectivity index (χ1) is 11.5. The fraction of sp³-hybridized carbons (Fsp3) is 0.444. The summed E-state index contributed by atoms with van der Waals surface area (Å²) in [7, 11) is 2.09. The lowest BCUT2D eigenvalue weighted by molar-refractivity contribution is 0.125. The molecular formula is C18H25N5O. The number of aryl methyl sites for hydroxylation is 1. The number of anilines is 1. The highest BCUT2D eigenvalue weighted by Crippen LogP contribution is 2.16. The number of carbonyl (C=O) groups is 1. The molecule has 2 amide bonds. The van der Waals surface area contributed by atoms with Crippen molar-refractivity contribution in [3.05, 3.63) is 47.7 Å². The topological polar surface area (TPSA) is 53.4 Å². The van der Waals surface area contributed by atoms with E-state index in [1.54, 1.807) is 0 Å². The van der Waals surface area contributed by atoms with Gasteiger partial charge in [0.15, 0.2) is 0 Å². The summed E-state index contributed by atoms with van der Waals surface area (Å²) in [5, 5.41) is 7.55. The second-order valence-electron chi connectivity index (χ2n) is 6.55. The quantitative estimate of drug-likeness (QED) is 0.942. The van der Waals surface area contributed by atoms with Crippen molar-refractivity contribution in [2.24, 2.45) is 0 Å². The van der Waals surface area contributed by atoms with Gasteiger partial charge in [0.2, 0.25) is 0 Å². The minimum absolute atomic E-state index is 0.0511. The number of rotatable bonds is 3. The lowest BCUT2D eigenvalue weighted by atomic mass is 10.2. The molecule has 0 spiro atoms. The van der Waals surface area contributed by atoms with Crippen LogP contribution in [0.15, 0.2) is 36.4 Å². The molecule has 2 heterocycles. The second kappa shape index (κ2) is 7.05. The van der Waals surface area contributed by atoms with Gasteiger partial charge in [0.1, 0.15) is 5.82 Å².